The van der Waals surface area contributed by atoms with Crippen LogP contribution in [-0.2, 0) is 11.2 Å². The largest absolute Gasteiger partial charge is 0.367 e. The number of hydrogen-bond acceptors (Lipinski definition) is 4. The normalized spacial score (nSPS) is 24.0. The summed E-state index contributed by atoms with van der Waals surface area (Å²) in [5, 5.41) is 6.52. The fourth-order valence-corrected chi connectivity index (χ4v) is 6.27. The lowest BCUT2D eigenvalue weighted by molar-refractivity contribution is 0.0119. The summed E-state index contributed by atoms with van der Waals surface area (Å²) < 4.78 is 8.96. The first-order valence-electron chi connectivity index (χ1n) is 7.89. The highest BCUT2D eigenvalue weighted by atomic mass is 79.9. The highest BCUT2D eigenvalue weighted by Gasteiger charge is 2.46. The van der Waals surface area contributed by atoms with Crippen LogP contribution >= 0.6 is 47.8 Å². The monoisotopic (exact) mass is 523 g/mol. The number of hydrazone groups is 1. The Morgan fingerprint density at radius 3 is 2.68 bits per heavy atom. The summed E-state index contributed by atoms with van der Waals surface area (Å²) in [5.74, 6) is 0.889. The molecule has 126 valence electrons. The van der Waals surface area contributed by atoms with Gasteiger partial charge in [0.2, 0.25) is 6.67 Å². The van der Waals surface area contributed by atoms with Crippen LogP contribution in [0.5, 0.6) is 0 Å². The standard InChI is InChI=1S/C18H12Br3N3O/c19-11-6-13(20)18(14(21)7-11)24-9-23-16(22-24)8-25-15-5-10-3-1-2-4-12(10)17(15)23/h1-4,6-7,15,17H,5,8H2/t15-,17+/m1/s1. The molecule has 25 heavy (non-hydrogen) atoms. The molecular formula is C18H12Br3N3O. The second-order valence-corrected chi connectivity index (χ2v) is 8.84. The summed E-state index contributed by atoms with van der Waals surface area (Å²) in [6.07, 6.45) is 1.10. The predicted molar refractivity (Wildman–Crippen MR) is 107 cm³/mol. The second kappa shape index (κ2) is 6.08. The summed E-state index contributed by atoms with van der Waals surface area (Å²) >= 11 is 10.8. The summed E-state index contributed by atoms with van der Waals surface area (Å²) in [7, 11) is 0. The lowest BCUT2D eigenvalue weighted by Crippen LogP contribution is -2.44. The van der Waals surface area contributed by atoms with Crippen molar-refractivity contribution in [2.45, 2.75) is 18.6 Å². The van der Waals surface area contributed by atoms with Crippen molar-refractivity contribution in [3.8, 4) is 0 Å². The van der Waals surface area contributed by atoms with Crippen molar-refractivity contribution in [3.05, 3.63) is 67.6 Å². The van der Waals surface area contributed by atoms with Crippen molar-refractivity contribution >= 4 is 59.3 Å². The van der Waals surface area contributed by atoms with Gasteiger partial charge in [-0.15, -0.1) is 0 Å². The summed E-state index contributed by atoms with van der Waals surface area (Å²) in [4.78, 5) is 2.14. The molecule has 1 fully saturated rings. The molecule has 0 spiro atoms. The van der Waals surface area contributed by atoms with Gasteiger partial charge in [-0.1, -0.05) is 40.2 Å². The summed E-state index contributed by atoms with van der Waals surface area (Å²) in [5.41, 5.74) is 3.58. The van der Waals surface area contributed by atoms with Gasteiger partial charge in [0.05, 0.1) is 17.8 Å². The van der Waals surface area contributed by atoms with Gasteiger partial charge >= 0.3 is 0 Å². The number of fused-ring (bicyclic) bond motifs is 5. The van der Waals surface area contributed by atoms with E-state index in [1.807, 2.05) is 12.1 Å². The van der Waals surface area contributed by atoms with Gasteiger partial charge < -0.3 is 9.64 Å². The average molecular weight is 526 g/mol. The van der Waals surface area contributed by atoms with Gasteiger partial charge in [0.15, 0.2) is 5.84 Å². The van der Waals surface area contributed by atoms with Gasteiger partial charge in [0.25, 0.3) is 0 Å². The molecule has 0 amide bonds. The average Bonchev–Trinajstić information content (AvgIpc) is 3.13. The van der Waals surface area contributed by atoms with Crippen LogP contribution in [0.3, 0.4) is 0 Å². The third-order valence-corrected chi connectivity index (χ3v) is 6.41. The van der Waals surface area contributed by atoms with Crippen LogP contribution < -0.4 is 5.01 Å². The maximum atomic E-state index is 6.09. The molecule has 1 saturated heterocycles. The lowest BCUT2D eigenvalue weighted by Gasteiger charge is -2.35. The maximum Gasteiger partial charge on any atom is 0.233 e. The molecule has 0 bridgehead atoms. The molecule has 0 unspecified atom stereocenters. The van der Waals surface area contributed by atoms with Crippen LogP contribution in [0, 0.1) is 6.67 Å². The first kappa shape index (κ1) is 16.3. The molecule has 2 aromatic carbocycles. The Morgan fingerprint density at radius 2 is 1.88 bits per heavy atom. The Hall–Kier alpha value is -0.890. The van der Waals surface area contributed by atoms with Crippen LogP contribution in [0.2, 0.25) is 0 Å². The molecular weight excluding hydrogens is 514 g/mol. The molecule has 2 heterocycles. The Kier molecular flexibility index (Phi) is 3.96. The van der Waals surface area contributed by atoms with E-state index in [1.165, 1.54) is 11.1 Å². The first-order chi connectivity index (χ1) is 12.1. The minimum atomic E-state index is 0.140. The Bertz CT molecular complexity index is 878. The van der Waals surface area contributed by atoms with E-state index >= 15 is 0 Å². The van der Waals surface area contributed by atoms with Crippen molar-refractivity contribution in [2.75, 3.05) is 11.6 Å². The third-order valence-electron chi connectivity index (χ3n) is 4.74. The van der Waals surface area contributed by atoms with Gasteiger partial charge in [0, 0.05) is 19.8 Å². The van der Waals surface area contributed by atoms with E-state index in [0.29, 0.717) is 6.61 Å². The highest BCUT2D eigenvalue weighted by molar-refractivity contribution is 9.11. The molecule has 2 aromatic rings. The SMILES string of the molecule is Brc1cc(Br)c(N2[C]N3C(=N2)CO[C@@H]2Cc4ccccc4[C@@H]23)c(Br)c1. The smallest absolute Gasteiger partial charge is 0.233 e. The Balaban J connectivity index is 1.52. The van der Waals surface area contributed by atoms with Crippen LogP contribution in [0.4, 0.5) is 5.69 Å². The van der Waals surface area contributed by atoms with Crippen molar-refractivity contribution in [2.24, 2.45) is 5.10 Å². The van der Waals surface area contributed by atoms with Gasteiger partial charge in [-0.3, -0.25) is 0 Å². The molecule has 0 N–H and O–H groups in total. The van der Waals surface area contributed by atoms with E-state index in [0.717, 1.165) is 31.4 Å². The Morgan fingerprint density at radius 1 is 1.12 bits per heavy atom. The zero-order valence-electron chi connectivity index (χ0n) is 12.9. The molecule has 0 aromatic heterocycles. The van der Waals surface area contributed by atoms with Gasteiger partial charge in [-0.25, -0.2) is 5.01 Å². The number of amidine groups is 1. The van der Waals surface area contributed by atoms with E-state index in [1.54, 1.807) is 5.01 Å². The minimum absolute atomic E-state index is 0.140. The maximum absolute atomic E-state index is 6.09. The second-order valence-electron chi connectivity index (χ2n) is 6.21. The molecule has 4 nitrogen and oxygen atoms in total. The van der Waals surface area contributed by atoms with Crippen molar-refractivity contribution in [1.29, 1.82) is 0 Å². The van der Waals surface area contributed by atoms with E-state index in [-0.39, 0.29) is 12.1 Å². The van der Waals surface area contributed by atoms with E-state index in [2.05, 4.69) is 83.6 Å². The van der Waals surface area contributed by atoms with Crippen molar-refractivity contribution in [3.63, 3.8) is 0 Å². The van der Waals surface area contributed by atoms with Gasteiger partial charge in [0.1, 0.15) is 6.61 Å². The number of ether oxygens (including phenoxy) is 1. The van der Waals surface area contributed by atoms with Crippen LogP contribution in [-0.4, -0.2) is 23.4 Å². The number of morpholine rings is 1. The minimum Gasteiger partial charge on any atom is -0.367 e. The summed E-state index contributed by atoms with van der Waals surface area (Å²) in [6, 6.07) is 12.7. The van der Waals surface area contributed by atoms with Crippen LogP contribution in [0.1, 0.15) is 17.2 Å². The fraction of sp³-hybridized carbons (Fsp3) is 0.222. The Labute approximate surface area is 171 Å². The van der Waals surface area contributed by atoms with E-state index < -0.39 is 0 Å². The number of hydrogen-bond donors (Lipinski definition) is 0. The van der Waals surface area contributed by atoms with Crippen molar-refractivity contribution in [1.82, 2.24) is 4.90 Å². The zero-order valence-corrected chi connectivity index (χ0v) is 17.7. The number of nitrogens with zero attached hydrogens (tertiary/aromatic N) is 3. The van der Waals surface area contributed by atoms with Crippen molar-refractivity contribution < 1.29 is 4.74 Å². The zero-order chi connectivity index (χ0) is 17.1. The number of rotatable bonds is 1. The number of halogens is 3. The third kappa shape index (κ3) is 2.59. The topological polar surface area (TPSA) is 28.1 Å². The fourth-order valence-electron chi connectivity index (χ4n) is 3.68. The summed E-state index contributed by atoms with van der Waals surface area (Å²) in [6.45, 7) is 3.93. The molecule has 5 rings (SSSR count). The number of benzene rings is 2. The molecule has 2 radical (unpaired) electrons. The molecule has 2 atom stereocenters. The van der Waals surface area contributed by atoms with Crippen LogP contribution in [0.25, 0.3) is 0 Å². The van der Waals surface area contributed by atoms with Gasteiger partial charge in [-0.05, 0) is 55.1 Å². The number of anilines is 1. The molecule has 3 aliphatic rings. The van der Waals surface area contributed by atoms with Crippen LogP contribution in [0.15, 0.2) is 54.9 Å². The van der Waals surface area contributed by atoms with E-state index in [4.69, 9.17) is 9.84 Å². The highest BCUT2D eigenvalue weighted by Crippen LogP contribution is 2.45. The quantitative estimate of drug-likeness (QED) is 0.518. The van der Waals surface area contributed by atoms with Gasteiger partial charge in [-0.2, -0.15) is 5.10 Å². The van der Waals surface area contributed by atoms with E-state index in [9.17, 15) is 0 Å². The predicted octanol–water partition coefficient (Wildman–Crippen LogP) is 5.10. The lowest BCUT2D eigenvalue weighted by atomic mass is 10.1. The first-order valence-corrected chi connectivity index (χ1v) is 10.3. The molecule has 0 saturated carbocycles. The molecule has 7 heteroatoms. The molecule has 1 aliphatic carbocycles. The molecule has 2 aliphatic heterocycles.